The summed E-state index contributed by atoms with van der Waals surface area (Å²) in [7, 11) is 0. The predicted octanol–water partition coefficient (Wildman–Crippen LogP) is 2.98. The van der Waals surface area contributed by atoms with Crippen molar-refractivity contribution in [3.05, 3.63) is 28.6 Å². The molecule has 1 aliphatic rings. The number of hydrogen-bond donors (Lipinski definition) is 1. The number of rotatable bonds is 3. The van der Waals surface area contributed by atoms with Crippen molar-refractivity contribution in [2.45, 2.75) is 39.2 Å². The van der Waals surface area contributed by atoms with Crippen LogP contribution in [0.5, 0.6) is 0 Å². The van der Waals surface area contributed by atoms with Crippen LogP contribution in [0.4, 0.5) is 11.4 Å². The maximum atomic E-state index is 10.9. The highest BCUT2D eigenvalue weighted by Gasteiger charge is 2.35. The molecule has 5 heteroatoms. The first-order valence-electron chi connectivity index (χ1n) is 5.85. The van der Waals surface area contributed by atoms with Crippen molar-refractivity contribution in [1.29, 1.82) is 0 Å². The molecule has 1 aromatic rings. The highest BCUT2D eigenvalue weighted by atomic mass is 16.6. The number of nitrogens with zero attached hydrogens (tertiary/aromatic N) is 2. The quantitative estimate of drug-likeness (QED) is 0.646. The maximum absolute atomic E-state index is 10.9. The third-order valence-corrected chi connectivity index (χ3v) is 3.58. The van der Waals surface area contributed by atoms with Gasteiger partial charge in [0.1, 0.15) is 11.9 Å². The molecule has 1 aromatic heterocycles. The van der Waals surface area contributed by atoms with E-state index in [9.17, 15) is 10.1 Å². The normalized spacial score (nSPS) is 22.4. The molecule has 1 aliphatic carbocycles. The molecule has 1 atom stereocenters. The van der Waals surface area contributed by atoms with Gasteiger partial charge in [0.05, 0.1) is 4.92 Å². The molecule has 17 heavy (non-hydrogen) atoms. The summed E-state index contributed by atoms with van der Waals surface area (Å²) >= 11 is 0. The van der Waals surface area contributed by atoms with Crippen LogP contribution in [0, 0.1) is 15.5 Å². The largest absolute Gasteiger partial charge is 0.376 e. The van der Waals surface area contributed by atoms with Crippen LogP contribution in [0.1, 0.15) is 33.1 Å². The summed E-state index contributed by atoms with van der Waals surface area (Å²) in [6.07, 6.45) is 6.27. The molecule has 1 saturated carbocycles. The van der Waals surface area contributed by atoms with Gasteiger partial charge in [-0.25, -0.2) is 0 Å². The van der Waals surface area contributed by atoms with Crippen LogP contribution in [0.25, 0.3) is 0 Å². The third-order valence-electron chi connectivity index (χ3n) is 3.58. The Morgan fingerprint density at radius 1 is 1.59 bits per heavy atom. The van der Waals surface area contributed by atoms with Crippen LogP contribution in [-0.2, 0) is 0 Å². The van der Waals surface area contributed by atoms with E-state index in [0.29, 0.717) is 11.7 Å². The predicted molar refractivity (Wildman–Crippen MR) is 65.9 cm³/mol. The molecule has 0 radical (unpaired) electrons. The Kier molecular flexibility index (Phi) is 3.00. The van der Waals surface area contributed by atoms with E-state index in [1.807, 2.05) is 0 Å². The molecular formula is C12H17N3O2. The van der Waals surface area contributed by atoms with E-state index in [4.69, 9.17) is 0 Å². The second-order valence-corrected chi connectivity index (χ2v) is 5.23. The lowest BCUT2D eigenvalue weighted by molar-refractivity contribution is -0.384. The minimum Gasteiger partial charge on any atom is -0.376 e. The van der Waals surface area contributed by atoms with Gasteiger partial charge in [-0.3, -0.25) is 15.1 Å². The molecule has 92 valence electrons. The number of pyridine rings is 1. The summed E-state index contributed by atoms with van der Waals surface area (Å²) < 4.78 is 0. The summed E-state index contributed by atoms with van der Waals surface area (Å²) in [6, 6.07) is 1.97. The zero-order valence-corrected chi connectivity index (χ0v) is 10.1. The van der Waals surface area contributed by atoms with Crippen LogP contribution >= 0.6 is 0 Å². The number of hydrogen-bond acceptors (Lipinski definition) is 4. The SMILES string of the molecule is CC1(C)CCCC1Nc1ccncc1[N+](=O)[O-]. The fraction of sp³-hybridized carbons (Fsp3) is 0.583. The van der Waals surface area contributed by atoms with E-state index < -0.39 is 4.92 Å². The lowest BCUT2D eigenvalue weighted by Gasteiger charge is -2.28. The Balaban J connectivity index is 2.21. The van der Waals surface area contributed by atoms with Crippen molar-refractivity contribution in [3.63, 3.8) is 0 Å². The monoisotopic (exact) mass is 235 g/mol. The van der Waals surface area contributed by atoms with Crippen molar-refractivity contribution in [2.75, 3.05) is 5.32 Å². The van der Waals surface area contributed by atoms with Gasteiger partial charge in [0.15, 0.2) is 0 Å². The van der Waals surface area contributed by atoms with Gasteiger partial charge in [0, 0.05) is 12.2 Å². The highest BCUT2D eigenvalue weighted by molar-refractivity contribution is 5.60. The summed E-state index contributed by atoms with van der Waals surface area (Å²) in [6.45, 7) is 4.40. The van der Waals surface area contributed by atoms with Crippen LogP contribution in [0.15, 0.2) is 18.5 Å². The Morgan fingerprint density at radius 2 is 2.35 bits per heavy atom. The van der Waals surface area contributed by atoms with Crippen LogP contribution in [-0.4, -0.2) is 15.9 Å². The second-order valence-electron chi connectivity index (χ2n) is 5.23. The van der Waals surface area contributed by atoms with Gasteiger partial charge in [-0.1, -0.05) is 20.3 Å². The highest BCUT2D eigenvalue weighted by Crippen LogP contribution is 2.40. The van der Waals surface area contributed by atoms with E-state index >= 15 is 0 Å². The van der Waals surface area contributed by atoms with Gasteiger partial charge in [-0.15, -0.1) is 0 Å². The first-order chi connectivity index (χ1) is 8.00. The summed E-state index contributed by atoms with van der Waals surface area (Å²) in [5, 5.41) is 14.2. The topological polar surface area (TPSA) is 68.1 Å². The van der Waals surface area contributed by atoms with Gasteiger partial charge in [0.25, 0.3) is 0 Å². The minimum absolute atomic E-state index is 0.0511. The van der Waals surface area contributed by atoms with Crippen LogP contribution in [0.2, 0.25) is 0 Å². The Bertz CT molecular complexity index is 432. The van der Waals surface area contributed by atoms with E-state index in [1.54, 1.807) is 12.3 Å². The Morgan fingerprint density at radius 3 is 2.94 bits per heavy atom. The summed E-state index contributed by atoms with van der Waals surface area (Å²) in [4.78, 5) is 14.3. The lowest BCUT2D eigenvalue weighted by Crippen LogP contribution is -2.31. The summed E-state index contributed by atoms with van der Waals surface area (Å²) in [5.41, 5.74) is 0.817. The molecular weight excluding hydrogens is 218 g/mol. The van der Waals surface area contributed by atoms with E-state index in [1.165, 1.54) is 12.6 Å². The number of anilines is 1. The molecule has 1 unspecified atom stereocenters. The second kappa shape index (κ2) is 4.31. The van der Waals surface area contributed by atoms with Crippen molar-refractivity contribution < 1.29 is 4.92 Å². The molecule has 1 N–H and O–H groups in total. The van der Waals surface area contributed by atoms with Gasteiger partial charge in [0.2, 0.25) is 0 Å². The molecule has 0 bridgehead atoms. The lowest BCUT2D eigenvalue weighted by atomic mass is 9.87. The van der Waals surface area contributed by atoms with Gasteiger partial charge >= 0.3 is 5.69 Å². The number of nitrogens with one attached hydrogen (secondary N) is 1. The molecule has 0 aliphatic heterocycles. The van der Waals surface area contributed by atoms with Crippen molar-refractivity contribution >= 4 is 11.4 Å². The Labute approximate surface area is 100 Å². The zero-order chi connectivity index (χ0) is 12.5. The minimum atomic E-state index is -0.392. The van der Waals surface area contributed by atoms with Gasteiger partial charge in [-0.05, 0) is 24.3 Å². The molecule has 0 saturated heterocycles. The smallest absolute Gasteiger partial charge is 0.310 e. The Hall–Kier alpha value is -1.65. The molecule has 1 fully saturated rings. The first kappa shape index (κ1) is 11.8. The average molecular weight is 235 g/mol. The van der Waals surface area contributed by atoms with E-state index in [-0.39, 0.29) is 11.1 Å². The fourth-order valence-electron chi connectivity index (χ4n) is 2.44. The maximum Gasteiger partial charge on any atom is 0.310 e. The zero-order valence-electron chi connectivity index (χ0n) is 10.1. The molecule has 5 nitrogen and oxygen atoms in total. The first-order valence-corrected chi connectivity index (χ1v) is 5.85. The van der Waals surface area contributed by atoms with Crippen molar-refractivity contribution in [1.82, 2.24) is 4.98 Å². The van der Waals surface area contributed by atoms with E-state index in [2.05, 4.69) is 24.1 Å². The van der Waals surface area contributed by atoms with Crippen molar-refractivity contribution in [2.24, 2.45) is 5.41 Å². The molecule has 2 rings (SSSR count). The fourth-order valence-corrected chi connectivity index (χ4v) is 2.44. The van der Waals surface area contributed by atoms with E-state index in [0.717, 1.165) is 12.8 Å². The number of aromatic nitrogens is 1. The third kappa shape index (κ3) is 2.38. The van der Waals surface area contributed by atoms with Gasteiger partial charge in [-0.2, -0.15) is 0 Å². The van der Waals surface area contributed by atoms with Crippen molar-refractivity contribution in [3.8, 4) is 0 Å². The standard InChI is InChI=1S/C12H17N3O2/c1-12(2)6-3-4-11(12)14-9-5-7-13-8-10(9)15(16)17/h5,7-8,11H,3-4,6H2,1-2H3,(H,13,14). The van der Waals surface area contributed by atoms with Gasteiger partial charge < -0.3 is 5.32 Å². The molecule has 0 aromatic carbocycles. The van der Waals surface area contributed by atoms with Crippen LogP contribution < -0.4 is 5.32 Å². The average Bonchev–Trinajstić information content (AvgIpc) is 2.59. The molecule has 0 spiro atoms. The number of nitro groups is 1. The molecule has 1 heterocycles. The van der Waals surface area contributed by atoms with Crippen LogP contribution in [0.3, 0.4) is 0 Å². The summed E-state index contributed by atoms with van der Waals surface area (Å²) in [5.74, 6) is 0. The molecule has 0 amide bonds.